The Labute approximate surface area is 108 Å². The minimum Gasteiger partial charge on any atom is -0.478 e. The topological polar surface area (TPSA) is 62.1 Å². The Balaban J connectivity index is 1.88. The number of hydrogen-bond donors (Lipinski definition) is 1. The van der Waals surface area contributed by atoms with Crippen molar-refractivity contribution >= 4 is 11.8 Å². The lowest BCUT2D eigenvalue weighted by Gasteiger charge is -2.38. The Bertz CT molecular complexity index is 352. The zero-order valence-corrected chi connectivity index (χ0v) is 11.3. The van der Waals surface area contributed by atoms with Crippen molar-refractivity contribution in [2.24, 2.45) is 10.9 Å². The normalized spacial score (nSPS) is 25.9. The molecule has 1 amide bonds. The van der Waals surface area contributed by atoms with E-state index in [4.69, 9.17) is 4.74 Å². The predicted octanol–water partition coefficient (Wildman–Crippen LogP) is 0.813. The summed E-state index contributed by atoms with van der Waals surface area (Å²) in [6.07, 6.45) is 1.71. The van der Waals surface area contributed by atoms with E-state index in [0.717, 1.165) is 12.8 Å². The second-order valence-electron chi connectivity index (χ2n) is 5.73. The third-order valence-corrected chi connectivity index (χ3v) is 3.88. The van der Waals surface area contributed by atoms with Gasteiger partial charge in [0.25, 0.3) is 5.91 Å². The molecular formula is C13H22N2O3. The number of nitrogens with zero attached hydrogens (tertiary/aromatic N) is 2. The molecule has 0 aromatic heterocycles. The molecule has 2 heterocycles. The van der Waals surface area contributed by atoms with Crippen LogP contribution in [-0.2, 0) is 9.53 Å². The number of likely N-dealkylation sites (tertiary alicyclic amines) is 1. The van der Waals surface area contributed by atoms with E-state index in [9.17, 15) is 9.90 Å². The van der Waals surface area contributed by atoms with Crippen LogP contribution in [0, 0.1) is 5.92 Å². The molecule has 5 heteroatoms. The van der Waals surface area contributed by atoms with Crippen LogP contribution in [0.4, 0.5) is 0 Å². The zero-order chi connectivity index (χ0) is 13.3. The molecule has 1 fully saturated rings. The van der Waals surface area contributed by atoms with Gasteiger partial charge in [-0.1, -0.05) is 0 Å². The Morgan fingerprint density at radius 3 is 2.50 bits per heavy atom. The maximum atomic E-state index is 12.2. The van der Waals surface area contributed by atoms with Crippen molar-refractivity contribution < 1.29 is 14.6 Å². The lowest BCUT2D eigenvalue weighted by atomic mass is 9.83. The van der Waals surface area contributed by atoms with Gasteiger partial charge in [-0.15, -0.1) is 0 Å². The standard InChI is InChI=1S/C13H22N2O3/c1-9-14-11(8-18-9)12(16)15-6-4-10(5-7-15)13(2,3)17/h10-11,17H,4-8H2,1-3H3. The number of aliphatic hydroxyl groups is 1. The third-order valence-electron chi connectivity index (χ3n) is 3.88. The van der Waals surface area contributed by atoms with Gasteiger partial charge in [-0.3, -0.25) is 4.79 Å². The van der Waals surface area contributed by atoms with Crippen molar-refractivity contribution in [3.05, 3.63) is 0 Å². The van der Waals surface area contributed by atoms with Crippen LogP contribution in [0.1, 0.15) is 33.6 Å². The number of carbonyl (C=O) groups is 1. The third kappa shape index (κ3) is 2.83. The summed E-state index contributed by atoms with van der Waals surface area (Å²) < 4.78 is 5.22. The quantitative estimate of drug-likeness (QED) is 0.793. The van der Waals surface area contributed by atoms with Gasteiger partial charge >= 0.3 is 0 Å². The Hall–Kier alpha value is -1.10. The summed E-state index contributed by atoms with van der Waals surface area (Å²) in [5.74, 6) is 0.924. The Morgan fingerprint density at radius 2 is 2.06 bits per heavy atom. The fraction of sp³-hybridized carbons (Fsp3) is 0.846. The molecule has 2 rings (SSSR count). The van der Waals surface area contributed by atoms with Crippen LogP contribution in [0.3, 0.4) is 0 Å². The minimum atomic E-state index is -0.652. The van der Waals surface area contributed by atoms with Crippen LogP contribution in [-0.4, -0.2) is 53.2 Å². The number of aliphatic imine (C=N–C) groups is 1. The van der Waals surface area contributed by atoms with E-state index in [1.807, 2.05) is 18.7 Å². The van der Waals surface area contributed by atoms with E-state index in [2.05, 4.69) is 4.99 Å². The molecule has 0 spiro atoms. The minimum absolute atomic E-state index is 0.0565. The summed E-state index contributed by atoms with van der Waals surface area (Å²) in [5.41, 5.74) is -0.652. The molecule has 2 aliphatic rings. The first kappa shape index (κ1) is 13.3. The van der Waals surface area contributed by atoms with Crippen molar-refractivity contribution in [3.63, 3.8) is 0 Å². The number of piperidine rings is 1. The van der Waals surface area contributed by atoms with Crippen molar-refractivity contribution in [1.29, 1.82) is 0 Å². The zero-order valence-electron chi connectivity index (χ0n) is 11.3. The number of ether oxygens (including phenoxy) is 1. The second kappa shape index (κ2) is 4.88. The molecule has 0 radical (unpaired) electrons. The summed E-state index contributed by atoms with van der Waals surface area (Å²) >= 11 is 0. The Kier molecular flexibility index (Phi) is 3.61. The monoisotopic (exact) mass is 254 g/mol. The Morgan fingerprint density at radius 1 is 1.44 bits per heavy atom. The highest BCUT2D eigenvalue weighted by molar-refractivity contribution is 5.87. The fourth-order valence-electron chi connectivity index (χ4n) is 2.64. The summed E-state index contributed by atoms with van der Waals surface area (Å²) in [6.45, 7) is 7.24. The van der Waals surface area contributed by atoms with Crippen LogP contribution in [0.5, 0.6) is 0 Å². The molecule has 18 heavy (non-hydrogen) atoms. The van der Waals surface area contributed by atoms with Crippen LogP contribution >= 0.6 is 0 Å². The van der Waals surface area contributed by atoms with Gasteiger partial charge in [0.1, 0.15) is 6.61 Å². The lowest BCUT2D eigenvalue weighted by Crippen LogP contribution is -2.47. The van der Waals surface area contributed by atoms with Gasteiger partial charge in [-0.2, -0.15) is 0 Å². The molecule has 0 saturated carbocycles. The van der Waals surface area contributed by atoms with Crippen LogP contribution < -0.4 is 0 Å². The maximum Gasteiger partial charge on any atom is 0.251 e. The number of hydrogen-bond acceptors (Lipinski definition) is 4. The molecule has 1 unspecified atom stereocenters. The highest BCUT2D eigenvalue weighted by atomic mass is 16.5. The van der Waals surface area contributed by atoms with E-state index in [1.54, 1.807) is 6.92 Å². The van der Waals surface area contributed by atoms with Gasteiger partial charge in [0, 0.05) is 20.0 Å². The van der Waals surface area contributed by atoms with Gasteiger partial charge in [-0.05, 0) is 32.6 Å². The van der Waals surface area contributed by atoms with Gasteiger partial charge < -0.3 is 14.7 Å². The summed E-state index contributed by atoms with van der Waals surface area (Å²) in [5, 5.41) is 9.97. The smallest absolute Gasteiger partial charge is 0.251 e. The van der Waals surface area contributed by atoms with Crippen LogP contribution in [0.15, 0.2) is 4.99 Å². The predicted molar refractivity (Wildman–Crippen MR) is 68.5 cm³/mol. The fourth-order valence-corrected chi connectivity index (χ4v) is 2.64. The first-order valence-electron chi connectivity index (χ1n) is 6.56. The molecule has 5 nitrogen and oxygen atoms in total. The number of carbonyl (C=O) groups excluding carboxylic acids is 1. The molecule has 2 aliphatic heterocycles. The highest BCUT2D eigenvalue weighted by Gasteiger charge is 2.35. The molecule has 0 aromatic carbocycles. The molecular weight excluding hydrogens is 232 g/mol. The molecule has 0 bridgehead atoms. The molecule has 0 aromatic rings. The van der Waals surface area contributed by atoms with Crippen molar-refractivity contribution in [2.45, 2.75) is 45.3 Å². The van der Waals surface area contributed by atoms with E-state index < -0.39 is 5.60 Å². The second-order valence-corrected chi connectivity index (χ2v) is 5.73. The van der Waals surface area contributed by atoms with Gasteiger partial charge in [-0.25, -0.2) is 4.99 Å². The largest absolute Gasteiger partial charge is 0.478 e. The summed E-state index contributed by atoms with van der Waals surface area (Å²) in [6, 6.07) is -0.358. The van der Waals surface area contributed by atoms with E-state index in [1.165, 1.54) is 0 Å². The van der Waals surface area contributed by atoms with Crippen molar-refractivity contribution in [2.75, 3.05) is 19.7 Å². The highest BCUT2D eigenvalue weighted by Crippen LogP contribution is 2.28. The first-order chi connectivity index (χ1) is 8.38. The molecule has 0 aliphatic carbocycles. The molecule has 1 saturated heterocycles. The van der Waals surface area contributed by atoms with Crippen molar-refractivity contribution in [3.8, 4) is 0 Å². The molecule has 1 atom stereocenters. The van der Waals surface area contributed by atoms with Crippen LogP contribution in [0.2, 0.25) is 0 Å². The van der Waals surface area contributed by atoms with E-state index in [-0.39, 0.29) is 17.9 Å². The van der Waals surface area contributed by atoms with E-state index >= 15 is 0 Å². The molecule has 1 N–H and O–H groups in total. The summed E-state index contributed by atoms with van der Waals surface area (Å²) in [7, 11) is 0. The van der Waals surface area contributed by atoms with Crippen LogP contribution in [0.25, 0.3) is 0 Å². The average Bonchev–Trinajstić information content (AvgIpc) is 2.74. The molecule has 102 valence electrons. The maximum absolute atomic E-state index is 12.2. The van der Waals surface area contributed by atoms with Crippen molar-refractivity contribution in [1.82, 2.24) is 4.90 Å². The average molecular weight is 254 g/mol. The summed E-state index contributed by atoms with van der Waals surface area (Å²) in [4.78, 5) is 18.2. The SMILES string of the molecule is CC1=NC(C(=O)N2CCC(C(C)(C)O)CC2)CO1. The van der Waals surface area contributed by atoms with Gasteiger partial charge in [0.05, 0.1) is 5.60 Å². The van der Waals surface area contributed by atoms with Gasteiger partial charge in [0.15, 0.2) is 11.9 Å². The number of rotatable bonds is 2. The number of amides is 1. The first-order valence-corrected chi connectivity index (χ1v) is 6.56. The van der Waals surface area contributed by atoms with E-state index in [0.29, 0.717) is 25.6 Å². The van der Waals surface area contributed by atoms with Gasteiger partial charge in [0.2, 0.25) is 0 Å². The lowest BCUT2D eigenvalue weighted by molar-refractivity contribution is -0.135.